The van der Waals surface area contributed by atoms with Gasteiger partial charge in [0.05, 0.1) is 32.5 Å². The van der Waals surface area contributed by atoms with Crippen LogP contribution >= 0.6 is 23.4 Å². The van der Waals surface area contributed by atoms with Gasteiger partial charge in [0.25, 0.3) is 5.19 Å². The van der Waals surface area contributed by atoms with E-state index in [1.165, 1.54) is 18.4 Å². The average molecular weight is 299 g/mol. The van der Waals surface area contributed by atoms with Crippen molar-refractivity contribution in [1.82, 2.24) is 4.98 Å². The van der Waals surface area contributed by atoms with E-state index in [1.807, 2.05) is 24.3 Å². The predicted molar refractivity (Wildman–Crippen MR) is 73.4 cm³/mol. The van der Waals surface area contributed by atoms with Crippen molar-refractivity contribution < 1.29 is 18.7 Å². The second-order valence-electron chi connectivity index (χ2n) is 3.36. The van der Waals surface area contributed by atoms with Crippen LogP contribution in [-0.4, -0.2) is 19.2 Å². The SMILES string of the molecule is COOSc1cnc(OCc2ccccc2OC)s1. The van der Waals surface area contributed by atoms with E-state index >= 15 is 0 Å². The van der Waals surface area contributed by atoms with Crippen LogP contribution in [0.2, 0.25) is 0 Å². The summed E-state index contributed by atoms with van der Waals surface area (Å²) >= 11 is 2.49. The largest absolute Gasteiger partial charge is 0.496 e. The molecular weight excluding hydrogens is 286 g/mol. The Hall–Kier alpha value is -1.28. The number of ether oxygens (including phenoxy) is 2. The highest BCUT2D eigenvalue weighted by Gasteiger charge is 2.07. The van der Waals surface area contributed by atoms with E-state index in [0.717, 1.165) is 27.6 Å². The van der Waals surface area contributed by atoms with E-state index in [-0.39, 0.29) is 0 Å². The fourth-order valence-corrected chi connectivity index (χ4v) is 2.54. The van der Waals surface area contributed by atoms with Gasteiger partial charge in [0.15, 0.2) is 0 Å². The lowest BCUT2D eigenvalue weighted by Crippen LogP contribution is -1.97. The molecule has 0 radical (unpaired) electrons. The molecule has 1 aromatic carbocycles. The summed E-state index contributed by atoms with van der Waals surface area (Å²) in [5, 5.41) is 0.577. The molecule has 0 saturated heterocycles. The number of hydrogen-bond acceptors (Lipinski definition) is 7. The summed E-state index contributed by atoms with van der Waals surface area (Å²) in [6.45, 7) is 0.409. The summed E-state index contributed by atoms with van der Waals surface area (Å²) in [5.41, 5.74) is 0.975. The topological polar surface area (TPSA) is 49.8 Å². The second kappa shape index (κ2) is 7.34. The van der Waals surface area contributed by atoms with Crippen molar-refractivity contribution in [2.45, 2.75) is 10.8 Å². The molecule has 0 unspecified atom stereocenters. The highest BCUT2D eigenvalue weighted by atomic mass is 32.2. The van der Waals surface area contributed by atoms with Crippen molar-refractivity contribution in [3.8, 4) is 10.9 Å². The van der Waals surface area contributed by atoms with Gasteiger partial charge in [-0.3, -0.25) is 0 Å². The van der Waals surface area contributed by atoms with Crippen LogP contribution in [0.15, 0.2) is 34.7 Å². The maximum Gasteiger partial charge on any atom is 0.274 e. The third kappa shape index (κ3) is 4.10. The Morgan fingerprint density at radius 1 is 1.26 bits per heavy atom. The van der Waals surface area contributed by atoms with Crippen molar-refractivity contribution in [1.29, 1.82) is 0 Å². The minimum absolute atomic E-state index is 0.409. The minimum Gasteiger partial charge on any atom is -0.496 e. The van der Waals surface area contributed by atoms with Crippen LogP contribution < -0.4 is 9.47 Å². The number of aromatic nitrogens is 1. The van der Waals surface area contributed by atoms with E-state index in [4.69, 9.17) is 13.8 Å². The second-order valence-corrected chi connectivity index (χ2v) is 5.36. The Kier molecular flexibility index (Phi) is 5.46. The zero-order valence-corrected chi connectivity index (χ0v) is 12.1. The molecule has 19 heavy (non-hydrogen) atoms. The van der Waals surface area contributed by atoms with Crippen LogP contribution in [0.3, 0.4) is 0 Å². The van der Waals surface area contributed by atoms with Crippen LogP contribution in [0.4, 0.5) is 0 Å². The van der Waals surface area contributed by atoms with Crippen molar-refractivity contribution in [2.75, 3.05) is 14.2 Å². The van der Waals surface area contributed by atoms with Crippen molar-refractivity contribution in [2.24, 2.45) is 0 Å². The Morgan fingerprint density at radius 3 is 2.89 bits per heavy atom. The highest BCUT2D eigenvalue weighted by Crippen LogP contribution is 2.31. The fraction of sp³-hybridized carbons (Fsp3) is 0.250. The Labute approximate surface area is 119 Å². The van der Waals surface area contributed by atoms with E-state index < -0.39 is 0 Å². The Bertz CT molecular complexity index is 518. The molecule has 1 heterocycles. The molecule has 0 aliphatic heterocycles. The first-order valence-corrected chi connectivity index (χ1v) is 6.97. The molecule has 0 saturated carbocycles. The molecule has 2 aromatic rings. The summed E-state index contributed by atoms with van der Waals surface area (Å²) in [6, 6.07) is 7.71. The highest BCUT2D eigenvalue weighted by molar-refractivity contribution is 7.96. The van der Waals surface area contributed by atoms with E-state index in [2.05, 4.69) is 9.87 Å². The fourth-order valence-electron chi connectivity index (χ4n) is 1.38. The number of para-hydroxylation sites is 1. The van der Waals surface area contributed by atoms with Gasteiger partial charge in [-0.25, -0.2) is 9.87 Å². The summed E-state index contributed by atoms with van der Waals surface area (Å²) in [7, 11) is 3.09. The third-order valence-electron chi connectivity index (χ3n) is 2.19. The zero-order chi connectivity index (χ0) is 13.5. The number of nitrogens with zero attached hydrogens (tertiary/aromatic N) is 1. The first-order valence-electron chi connectivity index (χ1n) is 5.41. The van der Waals surface area contributed by atoms with Gasteiger partial charge in [-0.05, 0) is 6.07 Å². The van der Waals surface area contributed by atoms with Crippen LogP contribution in [0.1, 0.15) is 5.56 Å². The molecule has 0 atom stereocenters. The smallest absolute Gasteiger partial charge is 0.274 e. The average Bonchev–Trinajstić information content (AvgIpc) is 2.91. The molecule has 1 aromatic heterocycles. The lowest BCUT2D eigenvalue weighted by molar-refractivity contribution is -0.160. The molecule has 0 N–H and O–H groups in total. The lowest BCUT2D eigenvalue weighted by atomic mass is 10.2. The van der Waals surface area contributed by atoms with Gasteiger partial charge in [0.1, 0.15) is 16.6 Å². The van der Waals surface area contributed by atoms with E-state index in [1.54, 1.807) is 13.3 Å². The van der Waals surface area contributed by atoms with Crippen LogP contribution in [0.5, 0.6) is 10.9 Å². The molecular formula is C12H13NO4S2. The third-order valence-corrected chi connectivity index (χ3v) is 3.82. The van der Waals surface area contributed by atoms with Crippen LogP contribution in [0.25, 0.3) is 0 Å². The van der Waals surface area contributed by atoms with Crippen molar-refractivity contribution in [3.63, 3.8) is 0 Å². The molecule has 0 spiro atoms. The Balaban J connectivity index is 1.93. The summed E-state index contributed by atoms with van der Waals surface area (Å²) in [6.07, 6.45) is 1.67. The number of benzene rings is 1. The maximum atomic E-state index is 5.61. The molecule has 0 bridgehead atoms. The monoisotopic (exact) mass is 299 g/mol. The van der Waals surface area contributed by atoms with Gasteiger partial charge >= 0.3 is 0 Å². The van der Waals surface area contributed by atoms with Gasteiger partial charge in [-0.2, -0.15) is 4.33 Å². The van der Waals surface area contributed by atoms with Crippen LogP contribution in [0, 0.1) is 0 Å². The molecule has 0 aliphatic rings. The van der Waals surface area contributed by atoms with Gasteiger partial charge in [0.2, 0.25) is 0 Å². The van der Waals surface area contributed by atoms with Gasteiger partial charge in [0, 0.05) is 5.56 Å². The maximum absolute atomic E-state index is 5.61. The lowest BCUT2D eigenvalue weighted by Gasteiger charge is -2.07. The Morgan fingerprint density at radius 2 is 2.11 bits per heavy atom. The predicted octanol–water partition coefficient (Wildman–Crippen LogP) is 3.32. The van der Waals surface area contributed by atoms with E-state index in [9.17, 15) is 0 Å². The molecule has 7 heteroatoms. The number of methoxy groups -OCH3 is 1. The number of hydrogen-bond donors (Lipinski definition) is 0. The quantitative estimate of drug-likeness (QED) is 0.444. The molecule has 2 rings (SSSR count). The zero-order valence-electron chi connectivity index (χ0n) is 10.5. The summed E-state index contributed by atoms with van der Waals surface area (Å²) in [4.78, 5) is 8.64. The van der Waals surface area contributed by atoms with Crippen LogP contribution in [-0.2, 0) is 15.8 Å². The molecule has 0 fully saturated rings. The molecule has 0 aliphatic carbocycles. The van der Waals surface area contributed by atoms with Gasteiger partial charge in [-0.1, -0.05) is 29.5 Å². The van der Waals surface area contributed by atoms with Crippen molar-refractivity contribution >= 4 is 23.4 Å². The molecule has 102 valence electrons. The molecule has 5 nitrogen and oxygen atoms in total. The summed E-state index contributed by atoms with van der Waals surface area (Å²) < 4.78 is 16.5. The summed E-state index contributed by atoms with van der Waals surface area (Å²) in [5.74, 6) is 0.802. The van der Waals surface area contributed by atoms with Gasteiger partial charge < -0.3 is 9.47 Å². The normalized spacial score (nSPS) is 10.4. The first kappa shape index (κ1) is 14.1. The minimum atomic E-state index is 0.409. The number of thiazole rings is 1. The standard InChI is InChI=1S/C12H13NO4S2/c1-14-10-6-4-3-5-9(10)8-16-12-13-7-11(18-12)19-17-15-2/h3-7H,8H2,1-2H3. The first-order chi connectivity index (χ1) is 9.33. The van der Waals surface area contributed by atoms with E-state index in [0.29, 0.717) is 11.8 Å². The number of rotatable bonds is 7. The molecule has 0 amide bonds. The van der Waals surface area contributed by atoms with Crippen molar-refractivity contribution in [3.05, 3.63) is 36.0 Å². The van der Waals surface area contributed by atoms with Gasteiger partial charge in [-0.15, -0.1) is 0 Å².